The summed E-state index contributed by atoms with van der Waals surface area (Å²) in [6, 6.07) is 62.2. The second-order valence-corrected chi connectivity index (χ2v) is 16.8. The van der Waals surface area contributed by atoms with Gasteiger partial charge in [0.15, 0.2) is 0 Å². The fraction of sp³-hybridized carbons (Fsp3) is 0. The lowest BCUT2D eigenvalue weighted by Gasteiger charge is -2.27. The van der Waals surface area contributed by atoms with E-state index in [0.717, 1.165) is 31.8 Å². The molecule has 0 radical (unpaired) electrons. The van der Waals surface area contributed by atoms with Crippen LogP contribution in [0, 0.1) is 0 Å². The monoisotopic (exact) mass is 646 g/mol. The predicted octanol–water partition coefficient (Wildman–Crippen LogP) is 7.07. The van der Waals surface area contributed by atoms with Crippen molar-refractivity contribution < 1.29 is 0 Å². The Morgan fingerprint density at radius 2 is 0.532 bits per heavy atom. The van der Waals surface area contributed by atoms with Crippen LogP contribution in [0.25, 0.3) is 0 Å². The van der Waals surface area contributed by atoms with Gasteiger partial charge in [0.1, 0.15) is 0 Å². The standard InChI is InChI=1S/C39H32N6P2/c40-37-41-38(44-46(31-19-7-1-8-20-31,32-21-9-2-10-22-32)33-23-11-3-12-24-33)43-39(42-37)45-47(34-25-13-4-14-26-34,35-27-15-5-16-28-35)36-29-17-6-18-30-36/h1-30H,(H2,40,41,42,43). The van der Waals surface area contributed by atoms with Crippen LogP contribution < -0.4 is 37.6 Å². The first-order valence-electron chi connectivity index (χ1n) is 15.3. The van der Waals surface area contributed by atoms with E-state index in [9.17, 15) is 0 Å². The summed E-state index contributed by atoms with van der Waals surface area (Å²) >= 11 is 0. The van der Waals surface area contributed by atoms with Gasteiger partial charge in [-0.1, -0.05) is 182 Å². The van der Waals surface area contributed by atoms with Gasteiger partial charge in [0, 0.05) is 31.8 Å². The van der Waals surface area contributed by atoms with Crippen LogP contribution in [0.3, 0.4) is 0 Å². The molecule has 0 aliphatic rings. The van der Waals surface area contributed by atoms with E-state index in [0.29, 0.717) is 0 Å². The largest absolute Gasteiger partial charge is 0.368 e. The number of anilines is 1. The zero-order valence-corrected chi connectivity index (χ0v) is 27.3. The lowest BCUT2D eigenvalue weighted by molar-refractivity contribution is 1.05. The van der Waals surface area contributed by atoms with E-state index in [1.807, 2.05) is 109 Å². The van der Waals surface area contributed by atoms with E-state index in [1.54, 1.807) is 0 Å². The molecule has 0 atom stereocenters. The average molecular weight is 647 g/mol. The predicted molar refractivity (Wildman–Crippen MR) is 199 cm³/mol. The van der Waals surface area contributed by atoms with Gasteiger partial charge in [0.25, 0.3) is 11.9 Å². The van der Waals surface area contributed by atoms with Crippen molar-refractivity contribution in [3.05, 3.63) is 182 Å². The van der Waals surface area contributed by atoms with Gasteiger partial charge in [-0.05, 0) is 0 Å². The molecule has 1 heterocycles. The van der Waals surface area contributed by atoms with E-state index in [2.05, 4.69) is 82.8 Å². The van der Waals surface area contributed by atoms with E-state index in [1.165, 1.54) is 0 Å². The third-order valence-electron chi connectivity index (χ3n) is 7.89. The Bertz CT molecular complexity index is 1830. The summed E-state index contributed by atoms with van der Waals surface area (Å²) in [7, 11) is -5.31. The van der Waals surface area contributed by atoms with Crippen molar-refractivity contribution in [2.24, 2.45) is 9.49 Å². The molecule has 6 aromatic carbocycles. The fourth-order valence-electron chi connectivity index (χ4n) is 5.83. The van der Waals surface area contributed by atoms with Crippen molar-refractivity contribution in [2.45, 2.75) is 0 Å². The zero-order chi connectivity index (χ0) is 31.9. The SMILES string of the molecule is Nc1nc(N=P(c2ccccc2)(c2ccccc2)c2ccccc2)nc(N=P(c2ccccc2)(c2ccccc2)c2ccccc2)n1. The number of aromatic nitrogens is 3. The molecule has 6 nitrogen and oxygen atoms in total. The van der Waals surface area contributed by atoms with Crippen LogP contribution in [-0.4, -0.2) is 15.0 Å². The van der Waals surface area contributed by atoms with Gasteiger partial charge in [-0.3, -0.25) is 0 Å². The molecule has 0 saturated heterocycles. The molecule has 1 aromatic heterocycles. The first kappa shape index (κ1) is 30.3. The molecular weight excluding hydrogens is 614 g/mol. The molecule has 0 aliphatic heterocycles. The van der Waals surface area contributed by atoms with Crippen molar-refractivity contribution in [2.75, 3.05) is 5.73 Å². The first-order chi connectivity index (χ1) is 23.2. The minimum Gasteiger partial charge on any atom is -0.368 e. The molecule has 228 valence electrons. The van der Waals surface area contributed by atoms with Crippen molar-refractivity contribution >= 4 is 63.8 Å². The van der Waals surface area contributed by atoms with E-state index >= 15 is 0 Å². The normalized spacial score (nSPS) is 11.5. The molecule has 0 amide bonds. The Morgan fingerprint density at radius 3 is 0.745 bits per heavy atom. The molecule has 0 unspecified atom stereocenters. The lowest BCUT2D eigenvalue weighted by Crippen LogP contribution is -2.25. The number of hydrogen-bond donors (Lipinski definition) is 1. The Kier molecular flexibility index (Phi) is 8.70. The number of benzene rings is 6. The molecule has 47 heavy (non-hydrogen) atoms. The molecule has 0 bridgehead atoms. The average Bonchev–Trinajstić information content (AvgIpc) is 3.15. The van der Waals surface area contributed by atoms with E-state index < -0.39 is 14.1 Å². The Balaban J connectivity index is 1.56. The maximum Gasteiger partial charge on any atom is 0.255 e. The molecule has 0 fully saturated rings. The number of nitrogens with two attached hydrogens (primary N) is 1. The summed E-state index contributed by atoms with van der Waals surface area (Å²) in [6.07, 6.45) is 0. The highest BCUT2D eigenvalue weighted by Gasteiger charge is 2.30. The third-order valence-corrected chi connectivity index (χ3v) is 15.1. The van der Waals surface area contributed by atoms with Crippen molar-refractivity contribution in [1.82, 2.24) is 15.0 Å². The van der Waals surface area contributed by atoms with Gasteiger partial charge in [0.05, 0.1) is 14.1 Å². The Morgan fingerprint density at radius 1 is 0.319 bits per heavy atom. The minimum atomic E-state index is -2.66. The fourth-order valence-corrected chi connectivity index (χ4v) is 12.6. The summed E-state index contributed by atoms with van der Waals surface area (Å²) in [5, 5.41) is 6.47. The molecule has 0 spiro atoms. The maximum absolute atomic E-state index is 6.47. The smallest absolute Gasteiger partial charge is 0.255 e. The summed E-state index contributed by atoms with van der Waals surface area (Å²) in [5.74, 6) is 0.555. The molecule has 2 N–H and O–H groups in total. The van der Waals surface area contributed by atoms with Crippen LogP contribution in [0.1, 0.15) is 0 Å². The van der Waals surface area contributed by atoms with Crippen LogP contribution in [0.2, 0.25) is 0 Å². The number of hydrogen-bond acceptors (Lipinski definition) is 6. The molecule has 0 saturated carbocycles. The summed E-state index contributed by atoms with van der Waals surface area (Å²) in [4.78, 5) is 14.2. The summed E-state index contributed by atoms with van der Waals surface area (Å²) < 4.78 is 11.0. The minimum absolute atomic E-state index is 0.0667. The molecule has 8 heteroatoms. The van der Waals surface area contributed by atoms with Gasteiger partial charge in [-0.2, -0.15) is 15.0 Å². The van der Waals surface area contributed by atoms with Crippen LogP contribution in [0.5, 0.6) is 0 Å². The van der Waals surface area contributed by atoms with Gasteiger partial charge in [-0.15, -0.1) is 0 Å². The quantitative estimate of drug-likeness (QED) is 0.179. The topological polar surface area (TPSA) is 89.4 Å². The van der Waals surface area contributed by atoms with Crippen molar-refractivity contribution in [1.29, 1.82) is 0 Å². The highest BCUT2D eigenvalue weighted by atomic mass is 31.2. The molecule has 7 aromatic rings. The molecule has 7 rings (SSSR count). The second kappa shape index (κ2) is 13.5. The molecular formula is C39H32N6P2. The van der Waals surface area contributed by atoms with Gasteiger partial charge in [-0.25, -0.2) is 9.49 Å². The molecule has 0 aliphatic carbocycles. The van der Waals surface area contributed by atoms with E-state index in [-0.39, 0.29) is 17.8 Å². The summed E-state index contributed by atoms with van der Waals surface area (Å²) in [6.45, 7) is 0. The number of rotatable bonds is 8. The summed E-state index contributed by atoms with van der Waals surface area (Å²) in [5.41, 5.74) is 6.47. The second-order valence-electron chi connectivity index (χ2n) is 10.8. The van der Waals surface area contributed by atoms with Crippen LogP contribution in [-0.2, 0) is 0 Å². The van der Waals surface area contributed by atoms with Gasteiger partial charge in [0.2, 0.25) is 5.95 Å². The van der Waals surface area contributed by atoms with Crippen LogP contribution in [0.4, 0.5) is 17.8 Å². The van der Waals surface area contributed by atoms with Gasteiger partial charge < -0.3 is 5.73 Å². The highest BCUT2D eigenvalue weighted by Crippen LogP contribution is 2.50. The third kappa shape index (κ3) is 5.97. The lowest BCUT2D eigenvalue weighted by atomic mass is 10.4. The van der Waals surface area contributed by atoms with Crippen molar-refractivity contribution in [3.63, 3.8) is 0 Å². The number of nitrogen functional groups attached to an aromatic ring is 1. The highest BCUT2D eigenvalue weighted by molar-refractivity contribution is 7.88. The van der Waals surface area contributed by atoms with Crippen LogP contribution in [0.15, 0.2) is 191 Å². The Labute approximate surface area is 275 Å². The first-order valence-corrected chi connectivity index (χ1v) is 18.8. The van der Waals surface area contributed by atoms with Crippen LogP contribution >= 0.6 is 14.1 Å². The maximum atomic E-state index is 6.47. The Hall–Kier alpha value is -5.41. The van der Waals surface area contributed by atoms with Crippen molar-refractivity contribution in [3.8, 4) is 0 Å². The zero-order valence-electron chi connectivity index (χ0n) is 25.5. The number of nitrogens with zero attached hydrogens (tertiary/aromatic N) is 5. The van der Waals surface area contributed by atoms with Gasteiger partial charge >= 0.3 is 0 Å². The van der Waals surface area contributed by atoms with E-state index in [4.69, 9.17) is 20.2 Å².